The zero-order valence-corrected chi connectivity index (χ0v) is 12.3. The Bertz CT molecular complexity index is 534. The summed E-state index contributed by atoms with van der Waals surface area (Å²) in [6.45, 7) is 3.49. The summed E-state index contributed by atoms with van der Waals surface area (Å²) in [4.78, 5) is 14.1. The number of benzene rings is 1. The van der Waals surface area contributed by atoms with E-state index in [1.165, 1.54) is 13.2 Å². The first-order valence-corrected chi connectivity index (χ1v) is 7.32. The second-order valence-corrected chi connectivity index (χ2v) is 5.93. The first kappa shape index (κ1) is 14.3. The zero-order chi connectivity index (χ0) is 15.0. The molecule has 0 unspecified atom stereocenters. The molecule has 2 fully saturated rings. The van der Waals surface area contributed by atoms with Crippen molar-refractivity contribution in [2.75, 3.05) is 20.2 Å². The molecule has 21 heavy (non-hydrogen) atoms. The minimum Gasteiger partial charge on any atom is -0.494 e. The molecule has 0 radical (unpaired) electrons. The van der Waals surface area contributed by atoms with Crippen LogP contribution in [0.2, 0.25) is 0 Å². The van der Waals surface area contributed by atoms with Crippen molar-refractivity contribution < 1.29 is 18.7 Å². The van der Waals surface area contributed by atoms with Crippen LogP contribution < -0.4 is 4.74 Å². The molecule has 1 aromatic rings. The van der Waals surface area contributed by atoms with Gasteiger partial charge in [-0.3, -0.25) is 4.79 Å². The maximum Gasteiger partial charge on any atom is 0.227 e. The molecule has 1 aromatic carbocycles. The van der Waals surface area contributed by atoms with Crippen LogP contribution in [0.5, 0.6) is 5.75 Å². The largest absolute Gasteiger partial charge is 0.494 e. The van der Waals surface area contributed by atoms with Crippen LogP contribution in [0.1, 0.15) is 18.9 Å². The number of hydrogen-bond donors (Lipinski definition) is 0. The molecule has 0 aliphatic carbocycles. The Morgan fingerprint density at radius 2 is 2.29 bits per heavy atom. The summed E-state index contributed by atoms with van der Waals surface area (Å²) in [7, 11) is 1.42. The standard InChI is InChI=1S/C16H20FNO3/c1-10-5-12-8-18(9-15(12)21-10)16(19)7-11-3-4-14(20-2)13(17)6-11/h3-4,6,10,12,15H,5,7-9H2,1-2H3/t10-,12+,15-/m0/s1. The van der Waals surface area contributed by atoms with Crippen molar-refractivity contribution in [3.8, 4) is 5.75 Å². The Morgan fingerprint density at radius 3 is 2.95 bits per heavy atom. The molecular formula is C16H20FNO3. The lowest BCUT2D eigenvalue weighted by Crippen LogP contribution is -2.32. The van der Waals surface area contributed by atoms with Crippen LogP contribution in [0.4, 0.5) is 4.39 Å². The van der Waals surface area contributed by atoms with E-state index in [0.29, 0.717) is 24.1 Å². The number of carbonyl (C=O) groups excluding carboxylic acids is 1. The number of methoxy groups -OCH3 is 1. The topological polar surface area (TPSA) is 38.8 Å². The molecule has 2 saturated heterocycles. The molecule has 3 atom stereocenters. The lowest BCUT2D eigenvalue weighted by molar-refractivity contribution is -0.130. The van der Waals surface area contributed by atoms with Gasteiger partial charge in [0.25, 0.3) is 0 Å². The third-order valence-electron chi connectivity index (χ3n) is 4.35. The highest BCUT2D eigenvalue weighted by Crippen LogP contribution is 2.33. The van der Waals surface area contributed by atoms with Crippen LogP contribution in [0.15, 0.2) is 18.2 Å². The maximum absolute atomic E-state index is 13.6. The van der Waals surface area contributed by atoms with Gasteiger partial charge < -0.3 is 14.4 Å². The minimum absolute atomic E-state index is 0.0326. The number of nitrogens with zero attached hydrogens (tertiary/aromatic N) is 1. The number of halogens is 1. The summed E-state index contributed by atoms with van der Waals surface area (Å²) in [6, 6.07) is 4.66. The van der Waals surface area contributed by atoms with Gasteiger partial charge in [0.15, 0.2) is 11.6 Å². The first-order valence-electron chi connectivity index (χ1n) is 7.32. The molecule has 2 aliphatic heterocycles. The van der Waals surface area contributed by atoms with E-state index in [9.17, 15) is 9.18 Å². The zero-order valence-electron chi connectivity index (χ0n) is 12.3. The predicted molar refractivity (Wildman–Crippen MR) is 75.7 cm³/mol. The minimum atomic E-state index is -0.432. The van der Waals surface area contributed by atoms with Gasteiger partial charge in [0.1, 0.15) is 0 Å². The van der Waals surface area contributed by atoms with Gasteiger partial charge in [0, 0.05) is 19.0 Å². The van der Waals surface area contributed by atoms with Gasteiger partial charge in [-0.1, -0.05) is 6.07 Å². The van der Waals surface area contributed by atoms with E-state index in [4.69, 9.17) is 9.47 Å². The number of amides is 1. The van der Waals surface area contributed by atoms with Crippen LogP contribution in [-0.2, 0) is 16.0 Å². The molecule has 0 bridgehead atoms. The van der Waals surface area contributed by atoms with Gasteiger partial charge in [0.2, 0.25) is 5.91 Å². The van der Waals surface area contributed by atoms with Crippen molar-refractivity contribution in [1.82, 2.24) is 4.90 Å². The number of ether oxygens (including phenoxy) is 2. The van der Waals surface area contributed by atoms with E-state index in [1.54, 1.807) is 12.1 Å². The molecular weight excluding hydrogens is 273 g/mol. The summed E-state index contributed by atoms with van der Waals surface area (Å²) in [6.07, 6.45) is 1.71. The van der Waals surface area contributed by atoms with Crippen molar-refractivity contribution in [3.63, 3.8) is 0 Å². The van der Waals surface area contributed by atoms with E-state index in [-0.39, 0.29) is 24.2 Å². The second-order valence-electron chi connectivity index (χ2n) is 5.93. The van der Waals surface area contributed by atoms with Crippen LogP contribution in [-0.4, -0.2) is 43.2 Å². The molecule has 5 heteroatoms. The van der Waals surface area contributed by atoms with Crippen molar-refractivity contribution in [2.45, 2.75) is 32.0 Å². The van der Waals surface area contributed by atoms with E-state index in [2.05, 4.69) is 6.92 Å². The SMILES string of the molecule is COc1ccc(CC(=O)N2C[C@H]3C[C@H](C)O[C@H]3C2)cc1F. The van der Waals surface area contributed by atoms with Gasteiger partial charge in [-0.2, -0.15) is 0 Å². The lowest BCUT2D eigenvalue weighted by Gasteiger charge is -2.18. The number of hydrogen-bond acceptors (Lipinski definition) is 3. The predicted octanol–water partition coefficient (Wildman–Crippen LogP) is 2.01. The molecule has 0 aromatic heterocycles. The van der Waals surface area contributed by atoms with Crippen LogP contribution in [0.3, 0.4) is 0 Å². The molecule has 3 rings (SSSR count). The molecule has 114 valence electrons. The Hall–Kier alpha value is -1.62. The fourth-order valence-corrected chi connectivity index (χ4v) is 3.31. The summed E-state index contributed by atoms with van der Waals surface area (Å²) in [5.74, 6) is 0.254. The molecule has 2 aliphatic rings. The number of carbonyl (C=O) groups is 1. The highest BCUT2D eigenvalue weighted by Gasteiger charge is 2.41. The summed E-state index contributed by atoms with van der Waals surface area (Å²) >= 11 is 0. The molecule has 0 saturated carbocycles. The molecule has 1 amide bonds. The molecule has 4 nitrogen and oxygen atoms in total. The van der Waals surface area contributed by atoms with Gasteiger partial charge in [-0.05, 0) is 31.0 Å². The highest BCUT2D eigenvalue weighted by molar-refractivity contribution is 5.79. The molecule has 2 heterocycles. The average Bonchev–Trinajstić information content (AvgIpc) is 2.96. The Balaban J connectivity index is 1.61. The van der Waals surface area contributed by atoms with Crippen molar-refractivity contribution in [3.05, 3.63) is 29.6 Å². The van der Waals surface area contributed by atoms with Gasteiger partial charge in [-0.25, -0.2) is 4.39 Å². The van der Waals surface area contributed by atoms with Crippen molar-refractivity contribution in [2.24, 2.45) is 5.92 Å². The van der Waals surface area contributed by atoms with E-state index >= 15 is 0 Å². The van der Waals surface area contributed by atoms with Gasteiger partial charge >= 0.3 is 0 Å². The Labute approximate surface area is 123 Å². The summed E-state index contributed by atoms with van der Waals surface area (Å²) in [5, 5.41) is 0. The third-order valence-corrected chi connectivity index (χ3v) is 4.35. The fourth-order valence-electron chi connectivity index (χ4n) is 3.31. The summed E-state index contributed by atoms with van der Waals surface area (Å²) in [5.41, 5.74) is 0.671. The van der Waals surface area contributed by atoms with Gasteiger partial charge in [0.05, 0.1) is 25.7 Å². The highest BCUT2D eigenvalue weighted by atomic mass is 19.1. The van der Waals surface area contributed by atoms with Crippen LogP contribution >= 0.6 is 0 Å². The van der Waals surface area contributed by atoms with Crippen LogP contribution in [0, 0.1) is 11.7 Å². The average molecular weight is 293 g/mol. The smallest absolute Gasteiger partial charge is 0.227 e. The fraction of sp³-hybridized carbons (Fsp3) is 0.562. The van der Waals surface area contributed by atoms with E-state index in [0.717, 1.165) is 13.0 Å². The Morgan fingerprint density at radius 1 is 1.48 bits per heavy atom. The molecule has 0 spiro atoms. The lowest BCUT2D eigenvalue weighted by atomic mass is 10.0. The third kappa shape index (κ3) is 2.88. The number of fused-ring (bicyclic) bond motifs is 1. The quantitative estimate of drug-likeness (QED) is 0.856. The maximum atomic E-state index is 13.6. The van der Waals surface area contributed by atoms with E-state index in [1.807, 2.05) is 4.90 Å². The first-order chi connectivity index (χ1) is 10.1. The number of rotatable bonds is 3. The van der Waals surface area contributed by atoms with Gasteiger partial charge in [-0.15, -0.1) is 0 Å². The molecule has 0 N–H and O–H groups in total. The second kappa shape index (κ2) is 5.64. The summed E-state index contributed by atoms with van der Waals surface area (Å²) < 4.78 is 24.3. The number of likely N-dealkylation sites (tertiary alicyclic amines) is 1. The van der Waals surface area contributed by atoms with Crippen LogP contribution in [0.25, 0.3) is 0 Å². The van der Waals surface area contributed by atoms with Crippen molar-refractivity contribution in [1.29, 1.82) is 0 Å². The van der Waals surface area contributed by atoms with Crippen molar-refractivity contribution >= 4 is 5.91 Å². The Kier molecular flexibility index (Phi) is 3.85. The van der Waals surface area contributed by atoms with E-state index < -0.39 is 5.82 Å². The monoisotopic (exact) mass is 293 g/mol. The normalized spacial score (nSPS) is 27.8.